The number of nitrogens with zero attached hydrogens (tertiary/aromatic N) is 1. The Morgan fingerprint density at radius 1 is 1.16 bits per heavy atom. The maximum atomic E-state index is 12.1. The van der Waals surface area contributed by atoms with E-state index in [1.807, 2.05) is 6.92 Å². The monoisotopic (exact) mass is 543 g/mol. The highest BCUT2D eigenvalue weighted by Crippen LogP contribution is 2.36. The molecule has 0 spiro atoms. The summed E-state index contributed by atoms with van der Waals surface area (Å²) < 4.78 is 12.2. The summed E-state index contributed by atoms with van der Waals surface area (Å²) in [5.74, 6) is 0.0682. The minimum Gasteiger partial charge on any atom is -0.490 e. The standard InChI is InChI=1S/C22H24BrCl2N3O4/c1-3-5-9-32-22-15(23)10-14(11-18(22)31-4-2)13-26-28-20(30)12-19(29)27-17-8-6-7-16(24)21(17)25/h6-8,10-11,13H,3-5,9,12H2,1-2H3,(H,27,29)(H,28,30). The zero-order valence-corrected chi connectivity index (χ0v) is 20.8. The van der Waals surface area contributed by atoms with Crippen molar-refractivity contribution in [3.63, 3.8) is 0 Å². The summed E-state index contributed by atoms with van der Waals surface area (Å²) in [6, 6.07) is 8.39. The summed E-state index contributed by atoms with van der Waals surface area (Å²) in [6.45, 7) is 5.03. The molecule has 32 heavy (non-hydrogen) atoms. The average Bonchev–Trinajstić information content (AvgIpc) is 2.73. The second kappa shape index (κ2) is 13.3. The van der Waals surface area contributed by atoms with Gasteiger partial charge in [-0.25, -0.2) is 5.43 Å². The molecule has 0 aliphatic rings. The van der Waals surface area contributed by atoms with Crippen LogP contribution in [0.4, 0.5) is 5.69 Å². The summed E-state index contributed by atoms with van der Waals surface area (Å²) in [4.78, 5) is 24.1. The van der Waals surface area contributed by atoms with Gasteiger partial charge in [-0.2, -0.15) is 5.10 Å². The van der Waals surface area contributed by atoms with Crippen molar-refractivity contribution < 1.29 is 19.1 Å². The Bertz CT molecular complexity index is 986. The molecule has 0 bridgehead atoms. The molecular formula is C22H24BrCl2N3O4. The van der Waals surface area contributed by atoms with Crippen LogP contribution in [0, 0.1) is 0 Å². The van der Waals surface area contributed by atoms with Crippen LogP contribution in [0.3, 0.4) is 0 Å². The number of carbonyl (C=O) groups is 2. The third-order valence-corrected chi connectivity index (χ3v) is 5.43. The Morgan fingerprint density at radius 3 is 2.66 bits per heavy atom. The van der Waals surface area contributed by atoms with Crippen molar-refractivity contribution in [3.8, 4) is 11.5 Å². The molecule has 0 aliphatic carbocycles. The summed E-state index contributed by atoms with van der Waals surface area (Å²) in [7, 11) is 0. The zero-order valence-electron chi connectivity index (χ0n) is 17.7. The van der Waals surface area contributed by atoms with Crippen molar-refractivity contribution in [1.29, 1.82) is 0 Å². The molecule has 7 nitrogen and oxygen atoms in total. The fraction of sp³-hybridized carbons (Fsp3) is 0.318. The van der Waals surface area contributed by atoms with E-state index in [-0.39, 0.29) is 5.02 Å². The molecule has 0 fully saturated rings. The largest absolute Gasteiger partial charge is 0.490 e. The maximum Gasteiger partial charge on any atom is 0.249 e. The van der Waals surface area contributed by atoms with Gasteiger partial charge in [0.05, 0.1) is 39.6 Å². The quantitative estimate of drug-likeness (QED) is 0.162. The maximum absolute atomic E-state index is 12.1. The summed E-state index contributed by atoms with van der Waals surface area (Å²) >= 11 is 15.4. The van der Waals surface area contributed by atoms with Crippen LogP contribution in [-0.4, -0.2) is 31.2 Å². The molecule has 0 unspecified atom stereocenters. The molecule has 0 heterocycles. The number of unbranched alkanes of at least 4 members (excludes halogenated alkanes) is 1. The number of nitrogens with one attached hydrogen (secondary N) is 2. The summed E-state index contributed by atoms with van der Waals surface area (Å²) in [5, 5.41) is 6.96. The highest BCUT2D eigenvalue weighted by molar-refractivity contribution is 9.10. The van der Waals surface area contributed by atoms with Gasteiger partial charge in [0.1, 0.15) is 6.42 Å². The number of halogens is 3. The van der Waals surface area contributed by atoms with E-state index in [4.69, 9.17) is 32.7 Å². The van der Waals surface area contributed by atoms with Gasteiger partial charge < -0.3 is 14.8 Å². The molecule has 172 valence electrons. The molecule has 2 N–H and O–H groups in total. The minimum atomic E-state index is -0.583. The van der Waals surface area contributed by atoms with E-state index in [2.05, 4.69) is 38.7 Å². The normalized spacial score (nSPS) is 10.8. The number of ether oxygens (including phenoxy) is 2. The van der Waals surface area contributed by atoms with Crippen LogP contribution in [0.2, 0.25) is 10.0 Å². The van der Waals surface area contributed by atoms with Crippen LogP contribution in [0.15, 0.2) is 39.9 Å². The molecule has 0 aromatic heterocycles. The lowest BCUT2D eigenvalue weighted by atomic mass is 10.2. The second-order valence-corrected chi connectivity index (χ2v) is 8.22. The number of anilines is 1. The molecular weight excluding hydrogens is 521 g/mol. The molecule has 0 saturated heterocycles. The number of benzene rings is 2. The Morgan fingerprint density at radius 2 is 1.94 bits per heavy atom. The van der Waals surface area contributed by atoms with Crippen LogP contribution in [0.5, 0.6) is 11.5 Å². The number of amides is 2. The van der Waals surface area contributed by atoms with Gasteiger partial charge in [-0.05, 0) is 59.1 Å². The molecule has 2 aromatic carbocycles. The second-order valence-electron chi connectivity index (χ2n) is 6.58. The highest BCUT2D eigenvalue weighted by Gasteiger charge is 2.13. The summed E-state index contributed by atoms with van der Waals surface area (Å²) in [5.41, 5.74) is 3.33. The SMILES string of the molecule is CCCCOc1c(Br)cc(C=NNC(=O)CC(=O)Nc2cccc(Cl)c2Cl)cc1OCC. The number of hydrogen-bond acceptors (Lipinski definition) is 5. The fourth-order valence-electron chi connectivity index (χ4n) is 2.54. The van der Waals surface area contributed by atoms with Gasteiger partial charge >= 0.3 is 0 Å². The van der Waals surface area contributed by atoms with Gasteiger partial charge in [0.2, 0.25) is 11.8 Å². The Kier molecular flexibility index (Phi) is 10.8. The van der Waals surface area contributed by atoms with Gasteiger partial charge in [0.25, 0.3) is 0 Å². The van der Waals surface area contributed by atoms with Crippen molar-refractivity contribution in [2.24, 2.45) is 5.10 Å². The minimum absolute atomic E-state index is 0.207. The van der Waals surface area contributed by atoms with Gasteiger partial charge in [-0.15, -0.1) is 0 Å². The van der Waals surface area contributed by atoms with Crippen LogP contribution in [0.1, 0.15) is 38.7 Å². The number of carbonyl (C=O) groups excluding carboxylic acids is 2. The highest BCUT2D eigenvalue weighted by atomic mass is 79.9. The van der Waals surface area contributed by atoms with Gasteiger partial charge in [0.15, 0.2) is 11.5 Å². The van der Waals surface area contributed by atoms with Crippen LogP contribution in [-0.2, 0) is 9.59 Å². The Balaban J connectivity index is 1.96. The molecule has 2 aromatic rings. The van der Waals surface area contributed by atoms with E-state index in [0.29, 0.717) is 45.5 Å². The number of hydrogen-bond donors (Lipinski definition) is 2. The van der Waals surface area contributed by atoms with Crippen molar-refractivity contribution in [3.05, 3.63) is 50.4 Å². The van der Waals surface area contributed by atoms with Crippen molar-refractivity contribution in [1.82, 2.24) is 5.43 Å². The first-order valence-electron chi connectivity index (χ1n) is 10.0. The van der Waals surface area contributed by atoms with Crippen LogP contribution < -0.4 is 20.2 Å². The molecule has 2 rings (SSSR count). The van der Waals surface area contributed by atoms with Crippen molar-refractivity contribution in [2.75, 3.05) is 18.5 Å². The van der Waals surface area contributed by atoms with Crippen molar-refractivity contribution >= 4 is 62.8 Å². The van der Waals surface area contributed by atoms with E-state index in [1.165, 1.54) is 6.21 Å². The lowest BCUT2D eigenvalue weighted by Gasteiger charge is -2.14. The van der Waals surface area contributed by atoms with E-state index >= 15 is 0 Å². The lowest BCUT2D eigenvalue weighted by molar-refractivity contribution is -0.126. The first kappa shape index (κ1) is 26.0. The predicted molar refractivity (Wildman–Crippen MR) is 131 cm³/mol. The summed E-state index contributed by atoms with van der Waals surface area (Å²) in [6.07, 6.45) is 2.98. The molecule has 0 saturated carbocycles. The van der Waals surface area contributed by atoms with E-state index < -0.39 is 18.2 Å². The Hall–Kier alpha value is -2.29. The van der Waals surface area contributed by atoms with Crippen LogP contribution >= 0.6 is 39.1 Å². The molecule has 0 atom stereocenters. The first-order chi connectivity index (χ1) is 15.3. The van der Waals surface area contributed by atoms with E-state index in [0.717, 1.165) is 12.8 Å². The van der Waals surface area contributed by atoms with Gasteiger partial charge in [-0.3, -0.25) is 9.59 Å². The third kappa shape index (κ3) is 8.00. The molecule has 2 amide bonds. The zero-order chi connectivity index (χ0) is 23.5. The van der Waals surface area contributed by atoms with Crippen molar-refractivity contribution in [2.45, 2.75) is 33.1 Å². The fourth-order valence-corrected chi connectivity index (χ4v) is 3.46. The number of rotatable bonds is 11. The van der Waals surface area contributed by atoms with E-state index in [9.17, 15) is 9.59 Å². The number of hydrazone groups is 1. The first-order valence-corrected chi connectivity index (χ1v) is 11.6. The molecule has 10 heteroatoms. The van der Waals surface area contributed by atoms with Crippen LogP contribution in [0.25, 0.3) is 0 Å². The topological polar surface area (TPSA) is 89.0 Å². The third-order valence-electron chi connectivity index (χ3n) is 4.03. The van der Waals surface area contributed by atoms with Gasteiger partial charge in [0, 0.05) is 0 Å². The molecule has 0 aliphatic heterocycles. The average molecular weight is 545 g/mol. The van der Waals surface area contributed by atoms with Gasteiger partial charge in [-0.1, -0.05) is 42.6 Å². The lowest BCUT2D eigenvalue weighted by Crippen LogP contribution is -2.24. The Labute approximate surface area is 205 Å². The predicted octanol–water partition coefficient (Wildman–Crippen LogP) is 5.81. The smallest absolute Gasteiger partial charge is 0.249 e. The van der Waals surface area contributed by atoms with E-state index in [1.54, 1.807) is 30.3 Å². The molecule has 0 radical (unpaired) electrons.